The molecule has 27 heavy (non-hydrogen) atoms. The molecule has 3 aromatic carbocycles. The van der Waals surface area contributed by atoms with Crippen LogP contribution in [-0.4, -0.2) is 11.9 Å². The molecule has 0 heterocycles. The van der Waals surface area contributed by atoms with Gasteiger partial charge >= 0.3 is 0 Å². The first kappa shape index (κ1) is 19.4. The summed E-state index contributed by atoms with van der Waals surface area (Å²) < 4.78 is 0. The Morgan fingerprint density at radius 3 is 1.93 bits per heavy atom. The SMILES string of the molecule is CC(NC(c1ccccc1)c1ccccc1)C(=O)Nc1cccc(Cl)c1Cl. The van der Waals surface area contributed by atoms with Crippen LogP contribution in [0.3, 0.4) is 0 Å². The number of benzene rings is 3. The summed E-state index contributed by atoms with van der Waals surface area (Å²) in [7, 11) is 0. The van der Waals surface area contributed by atoms with Crippen molar-refractivity contribution in [3.63, 3.8) is 0 Å². The summed E-state index contributed by atoms with van der Waals surface area (Å²) in [4.78, 5) is 12.7. The van der Waals surface area contributed by atoms with Crippen LogP contribution in [0.5, 0.6) is 0 Å². The maximum absolute atomic E-state index is 12.7. The Balaban J connectivity index is 1.79. The number of anilines is 1. The Labute approximate surface area is 169 Å². The largest absolute Gasteiger partial charge is 0.323 e. The molecule has 0 aromatic heterocycles. The molecule has 3 rings (SSSR count). The van der Waals surface area contributed by atoms with Gasteiger partial charge in [-0.25, -0.2) is 0 Å². The van der Waals surface area contributed by atoms with Gasteiger partial charge < -0.3 is 5.32 Å². The highest BCUT2D eigenvalue weighted by atomic mass is 35.5. The number of amides is 1. The molecule has 1 amide bonds. The first-order chi connectivity index (χ1) is 13.1. The van der Waals surface area contributed by atoms with E-state index in [9.17, 15) is 4.79 Å². The number of carbonyl (C=O) groups excluding carboxylic acids is 1. The summed E-state index contributed by atoms with van der Waals surface area (Å²) in [5.41, 5.74) is 2.67. The summed E-state index contributed by atoms with van der Waals surface area (Å²) >= 11 is 12.2. The topological polar surface area (TPSA) is 41.1 Å². The lowest BCUT2D eigenvalue weighted by Gasteiger charge is -2.24. The van der Waals surface area contributed by atoms with Gasteiger partial charge in [-0.15, -0.1) is 0 Å². The Hall–Kier alpha value is -2.33. The van der Waals surface area contributed by atoms with E-state index in [1.807, 2.05) is 67.6 Å². The number of hydrogen-bond acceptors (Lipinski definition) is 2. The minimum absolute atomic E-state index is 0.108. The van der Waals surface area contributed by atoms with Crippen molar-refractivity contribution < 1.29 is 4.79 Å². The third-order valence-corrected chi connectivity index (χ3v) is 5.10. The third kappa shape index (κ3) is 4.89. The zero-order valence-corrected chi connectivity index (χ0v) is 16.3. The van der Waals surface area contributed by atoms with E-state index in [0.29, 0.717) is 15.7 Å². The number of carbonyl (C=O) groups is 1. The predicted molar refractivity (Wildman–Crippen MR) is 112 cm³/mol. The van der Waals surface area contributed by atoms with Crippen LogP contribution in [0.2, 0.25) is 10.0 Å². The molecule has 0 aliphatic heterocycles. The normalized spacial score (nSPS) is 12.0. The van der Waals surface area contributed by atoms with Crippen LogP contribution in [0.4, 0.5) is 5.69 Å². The van der Waals surface area contributed by atoms with Gasteiger partial charge in [0.15, 0.2) is 0 Å². The Kier molecular flexibility index (Phi) is 6.51. The number of halogens is 2. The molecule has 0 saturated heterocycles. The van der Waals surface area contributed by atoms with Gasteiger partial charge in [0.25, 0.3) is 0 Å². The standard InChI is InChI=1S/C22H20Cl2N2O/c1-15(22(27)26-19-14-8-13-18(23)20(19)24)25-21(16-9-4-2-5-10-16)17-11-6-3-7-12-17/h2-15,21,25H,1H3,(H,26,27). The van der Waals surface area contributed by atoms with Crippen LogP contribution in [0.15, 0.2) is 78.9 Å². The lowest BCUT2D eigenvalue weighted by atomic mass is 9.98. The van der Waals surface area contributed by atoms with E-state index in [4.69, 9.17) is 23.2 Å². The van der Waals surface area contributed by atoms with Gasteiger partial charge in [-0.3, -0.25) is 10.1 Å². The summed E-state index contributed by atoms with van der Waals surface area (Å²) in [6, 6.07) is 24.7. The highest BCUT2D eigenvalue weighted by Crippen LogP contribution is 2.29. The van der Waals surface area contributed by atoms with E-state index < -0.39 is 6.04 Å². The van der Waals surface area contributed by atoms with Gasteiger partial charge in [-0.2, -0.15) is 0 Å². The minimum Gasteiger partial charge on any atom is -0.323 e. The molecule has 5 heteroatoms. The molecule has 0 fully saturated rings. The number of nitrogens with one attached hydrogen (secondary N) is 2. The average molecular weight is 399 g/mol. The van der Waals surface area contributed by atoms with Gasteiger partial charge in [0, 0.05) is 0 Å². The van der Waals surface area contributed by atoms with Crippen molar-refractivity contribution in [3.8, 4) is 0 Å². The van der Waals surface area contributed by atoms with E-state index in [0.717, 1.165) is 11.1 Å². The summed E-state index contributed by atoms with van der Waals surface area (Å²) in [6.45, 7) is 1.83. The molecule has 0 saturated carbocycles. The molecular weight excluding hydrogens is 379 g/mol. The summed E-state index contributed by atoms with van der Waals surface area (Å²) in [6.07, 6.45) is 0. The second-order valence-corrected chi connectivity index (χ2v) is 7.02. The van der Waals surface area contributed by atoms with Crippen LogP contribution < -0.4 is 10.6 Å². The quantitative estimate of drug-likeness (QED) is 0.558. The molecule has 0 aliphatic rings. The number of hydrogen-bond donors (Lipinski definition) is 2. The van der Waals surface area contributed by atoms with Crippen molar-refractivity contribution in [2.45, 2.75) is 19.0 Å². The highest BCUT2D eigenvalue weighted by Gasteiger charge is 2.21. The van der Waals surface area contributed by atoms with E-state index in [-0.39, 0.29) is 11.9 Å². The second kappa shape index (κ2) is 9.05. The van der Waals surface area contributed by atoms with Crippen LogP contribution in [-0.2, 0) is 4.79 Å². The van der Waals surface area contributed by atoms with Gasteiger partial charge in [0.1, 0.15) is 0 Å². The van der Waals surface area contributed by atoms with E-state index in [2.05, 4.69) is 10.6 Å². The number of rotatable bonds is 6. The van der Waals surface area contributed by atoms with E-state index >= 15 is 0 Å². The summed E-state index contributed by atoms with van der Waals surface area (Å²) in [5, 5.41) is 7.00. The zero-order chi connectivity index (χ0) is 19.2. The Morgan fingerprint density at radius 1 is 0.815 bits per heavy atom. The molecule has 2 N–H and O–H groups in total. The van der Waals surface area contributed by atoms with Crippen molar-refractivity contribution in [1.82, 2.24) is 5.32 Å². The molecule has 1 atom stereocenters. The first-order valence-corrected chi connectivity index (χ1v) is 9.42. The van der Waals surface area contributed by atoms with Crippen molar-refractivity contribution in [2.24, 2.45) is 0 Å². The Bertz CT molecular complexity index is 861. The van der Waals surface area contributed by atoms with Gasteiger partial charge in [0.05, 0.1) is 27.8 Å². The maximum Gasteiger partial charge on any atom is 0.241 e. The molecule has 3 aromatic rings. The van der Waals surface area contributed by atoms with Crippen molar-refractivity contribution in [3.05, 3.63) is 100 Å². The lowest BCUT2D eigenvalue weighted by molar-refractivity contribution is -0.117. The first-order valence-electron chi connectivity index (χ1n) is 8.67. The van der Waals surface area contributed by atoms with Crippen molar-refractivity contribution >= 4 is 34.8 Å². The molecule has 0 aliphatic carbocycles. The summed E-state index contributed by atoms with van der Waals surface area (Å²) in [5.74, 6) is -0.184. The maximum atomic E-state index is 12.7. The average Bonchev–Trinajstić information content (AvgIpc) is 2.70. The highest BCUT2D eigenvalue weighted by molar-refractivity contribution is 6.44. The fourth-order valence-corrected chi connectivity index (χ4v) is 3.19. The third-order valence-electron chi connectivity index (χ3n) is 4.29. The van der Waals surface area contributed by atoms with Crippen molar-refractivity contribution in [2.75, 3.05) is 5.32 Å². The molecule has 0 radical (unpaired) electrons. The fourth-order valence-electron chi connectivity index (χ4n) is 2.84. The molecule has 1 unspecified atom stereocenters. The predicted octanol–water partition coefficient (Wildman–Crippen LogP) is 5.70. The zero-order valence-electron chi connectivity index (χ0n) is 14.8. The van der Waals surface area contributed by atoms with Crippen LogP contribution >= 0.6 is 23.2 Å². The van der Waals surface area contributed by atoms with Crippen molar-refractivity contribution in [1.29, 1.82) is 0 Å². The van der Waals surface area contributed by atoms with Gasteiger partial charge in [-0.05, 0) is 30.2 Å². The molecule has 3 nitrogen and oxygen atoms in total. The van der Waals surface area contributed by atoms with Crippen LogP contribution in [0.1, 0.15) is 24.1 Å². The van der Waals surface area contributed by atoms with Crippen LogP contribution in [0, 0.1) is 0 Å². The molecular formula is C22H20Cl2N2O. The smallest absolute Gasteiger partial charge is 0.241 e. The second-order valence-electron chi connectivity index (χ2n) is 6.23. The van der Waals surface area contributed by atoms with E-state index in [1.165, 1.54) is 0 Å². The molecule has 0 spiro atoms. The molecule has 138 valence electrons. The monoisotopic (exact) mass is 398 g/mol. The minimum atomic E-state index is -0.453. The van der Waals surface area contributed by atoms with Gasteiger partial charge in [0.2, 0.25) is 5.91 Å². The Morgan fingerprint density at radius 2 is 1.37 bits per heavy atom. The van der Waals surface area contributed by atoms with E-state index in [1.54, 1.807) is 18.2 Å². The molecule has 0 bridgehead atoms. The van der Waals surface area contributed by atoms with Crippen LogP contribution in [0.25, 0.3) is 0 Å². The lowest BCUT2D eigenvalue weighted by Crippen LogP contribution is -2.40. The fraction of sp³-hybridized carbons (Fsp3) is 0.136. The van der Waals surface area contributed by atoms with Gasteiger partial charge in [-0.1, -0.05) is 89.9 Å².